The SMILES string of the molecule is CS(=O)(=O)OC[C@@H]1C[C@@H](n2ccc3c(N[C@H]4CCc5ccccc54)ncnc32)C[C@@H]1O. The van der Waals surface area contributed by atoms with Crippen LogP contribution in [-0.2, 0) is 20.7 Å². The molecule has 9 heteroatoms. The summed E-state index contributed by atoms with van der Waals surface area (Å²) in [7, 11) is -3.53. The van der Waals surface area contributed by atoms with Gasteiger partial charge in [-0.2, -0.15) is 8.42 Å². The Bertz CT molecular complexity index is 1210. The van der Waals surface area contributed by atoms with Crippen molar-refractivity contribution < 1.29 is 17.7 Å². The van der Waals surface area contributed by atoms with E-state index in [-0.39, 0.29) is 24.6 Å². The summed E-state index contributed by atoms with van der Waals surface area (Å²) in [6, 6.07) is 10.7. The van der Waals surface area contributed by atoms with E-state index in [9.17, 15) is 13.5 Å². The molecule has 2 aliphatic carbocycles. The molecule has 164 valence electrons. The van der Waals surface area contributed by atoms with Crippen molar-refractivity contribution in [3.63, 3.8) is 0 Å². The lowest BCUT2D eigenvalue weighted by Crippen LogP contribution is -2.20. The molecule has 2 aliphatic rings. The van der Waals surface area contributed by atoms with Crippen LogP contribution in [0.3, 0.4) is 0 Å². The van der Waals surface area contributed by atoms with Gasteiger partial charge >= 0.3 is 0 Å². The molecule has 31 heavy (non-hydrogen) atoms. The van der Waals surface area contributed by atoms with Crippen molar-refractivity contribution in [2.24, 2.45) is 5.92 Å². The summed E-state index contributed by atoms with van der Waals surface area (Å²) in [4.78, 5) is 9.00. The first-order chi connectivity index (χ1) is 14.9. The number of anilines is 1. The molecule has 2 aromatic heterocycles. The van der Waals surface area contributed by atoms with Gasteiger partial charge in [0, 0.05) is 18.2 Å². The van der Waals surface area contributed by atoms with Gasteiger partial charge in [-0.25, -0.2) is 9.97 Å². The minimum Gasteiger partial charge on any atom is -0.393 e. The maximum atomic E-state index is 11.3. The Hall–Kier alpha value is -2.49. The van der Waals surface area contributed by atoms with Crippen molar-refractivity contribution in [2.45, 2.75) is 43.9 Å². The van der Waals surface area contributed by atoms with Gasteiger partial charge < -0.3 is 15.0 Å². The van der Waals surface area contributed by atoms with Gasteiger partial charge in [-0.05, 0) is 42.9 Å². The topological polar surface area (TPSA) is 106 Å². The summed E-state index contributed by atoms with van der Waals surface area (Å²) in [5.74, 6) is 0.576. The van der Waals surface area contributed by atoms with E-state index in [4.69, 9.17) is 4.18 Å². The van der Waals surface area contributed by atoms with Crippen LogP contribution in [0.15, 0.2) is 42.9 Å². The van der Waals surface area contributed by atoms with Gasteiger partial charge in [0.25, 0.3) is 10.1 Å². The Kier molecular flexibility index (Phi) is 5.19. The van der Waals surface area contributed by atoms with Crippen molar-refractivity contribution in [1.82, 2.24) is 14.5 Å². The molecular formula is C22H26N4O4S. The zero-order valence-electron chi connectivity index (χ0n) is 17.3. The highest BCUT2D eigenvalue weighted by molar-refractivity contribution is 7.85. The minimum atomic E-state index is -3.53. The van der Waals surface area contributed by atoms with E-state index < -0.39 is 16.2 Å². The molecule has 2 heterocycles. The van der Waals surface area contributed by atoms with Crippen molar-refractivity contribution in [2.75, 3.05) is 18.2 Å². The Labute approximate surface area is 181 Å². The number of fused-ring (bicyclic) bond motifs is 2. The summed E-state index contributed by atoms with van der Waals surface area (Å²) in [6.07, 6.45) is 7.20. The molecular weight excluding hydrogens is 416 g/mol. The van der Waals surface area contributed by atoms with Crippen molar-refractivity contribution in [1.29, 1.82) is 0 Å². The number of hydrogen-bond donors (Lipinski definition) is 2. The lowest BCUT2D eigenvalue weighted by molar-refractivity contribution is 0.101. The molecule has 8 nitrogen and oxygen atoms in total. The normalized spacial score (nSPS) is 25.7. The number of hydrogen-bond acceptors (Lipinski definition) is 7. The third-order valence-electron chi connectivity index (χ3n) is 6.48. The maximum Gasteiger partial charge on any atom is 0.264 e. The number of rotatable bonds is 6. The van der Waals surface area contributed by atoms with E-state index in [1.807, 2.05) is 12.3 Å². The highest BCUT2D eigenvalue weighted by atomic mass is 32.2. The average molecular weight is 443 g/mol. The number of aliphatic hydroxyl groups is 1. The molecule has 1 saturated carbocycles. The first-order valence-corrected chi connectivity index (χ1v) is 12.4. The second-order valence-corrected chi connectivity index (χ2v) is 10.2. The minimum absolute atomic E-state index is 0.00141. The number of aryl methyl sites for hydroxylation is 1. The summed E-state index contributed by atoms with van der Waals surface area (Å²) in [6.45, 7) is -0.00141. The number of nitrogens with one attached hydrogen (secondary N) is 1. The fraction of sp³-hybridized carbons (Fsp3) is 0.455. The maximum absolute atomic E-state index is 11.3. The molecule has 0 spiro atoms. The van der Waals surface area contributed by atoms with Crippen LogP contribution in [0.1, 0.15) is 42.5 Å². The molecule has 0 bridgehead atoms. The lowest BCUT2D eigenvalue weighted by atomic mass is 10.1. The standard InChI is InChI=1S/C22H26N4O4S/c1-31(28,29)30-12-15-10-16(11-20(15)27)26-9-8-18-21(23-13-24-22(18)26)25-19-7-6-14-4-2-3-5-17(14)19/h2-5,8-9,13,15-16,19-20,27H,6-7,10-12H2,1H3,(H,23,24,25)/t15-,16+,19-,20-/m0/s1. The Morgan fingerprint density at radius 1 is 1.23 bits per heavy atom. The third kappa shape index (κ3) is 4.05. The Balaban J connectivity index is 1.37. The van der Waals surface area contributed by atoms with Crippen LogP contribution in [0.5, 0.6) is 0 Å². The van der Waals surface area contributed by atoms with E-state index in [0.717, 1.165) is 35.9 Å². The van der Waals surface area contributed by atoms with Gasteiger partial charge in [0.15, 0.2) is 0 Å². The summed E-state index contributed by atoms with van der Waals surface area (Å²) in [5.41, 5.74) is 3.51. The largest absolute Gasteiger partial charge is 0.393 e. The van der Waals surface area contributed by atoms with Crippen LogP contribution in [-0.4, -0.2) is 47.0 Å². The van der Waals surface area contributed by atoms with Crippen LogP contribution in [0.25, 0.3) is 11.0 Å². The smallest absolute Gasteiger partial charge is 0.264 e. The van der Waals surface area contributed by atoms with Crippen LogP contribution < -0.4 is 5.32 Å². The first kappa shape index (κ1) is 20.4. The Morgan fingerprint density at radius 3 is 2.90 bits per heavy atom. The number of benzene rings is 1. The molecule has 0 saturated heterocycles. The predicted octanol–water partition coefficient (Wildman–Crippen LogP) is 2.82. The van der Waals surface area contributed by atoms with Crippen molar-refractivity contribution in [3.05, 3.63) is 54.0 Å². The van der Waals surface area contributed by atoms with Gasteiger partial charge in [-0.3, -0.25) is 4.18 Å². The molecule has 1 fully saturated rings. The summed E-state index contributed by atoms with van der Waals surface area (Å²) in [5, 5.41) is 15.0. The van der Waals surface area contributed by atoms with E-state index in [1.54, 1.807) is 6.33 Å². The van der Waals surface area contributed by atoms with Crippen LogP contribution in [0.4, 0.5) is 5.82 Å². The quantitative estimate of drug-likeness (QED) is 0.566. The third-order valence-corrected chi connectivity index (χ3v) is 7.04. The lowest BCUT2D eigenvalue weighted by Gasteiger charge is -2.16. The van der Waals surface area contributed by atoms with E-state index in [0.29, 0.717) is 12.8 Å². The Morgan fingerprint density at radius 2 is 2.06 bits per heavy atom. The fourth-order valence-corrected chi connectivity index (χ4v) is 5.37. The van der Waals surface area contributed by atoms with Gasteiger partial charge in [-0.1, -0.05) is 24.3 Å². The average Bonchev–Trinajstić information content (AvgIpc) is 3.43. The van der Waals surface area contributed by atoms with Crippen molar-refractivity contribution >= 4 is 27.0 Å². The number of aliphatic hydroxyl groups excluding tert-OH is 1. The van der Waals surface area contributed by atoms with E-state index >= 15 is 0 Å². The molecule has 0 radical (unpaired) electrons. The van der Waals surface area contributed by atoms with E-state index in [1.165, 1.54) is 11.1 Å². The molecule has 1 aromatic carbocycles. The zero-order chi connectivity index (χ0) is 21.6. The predicted molar refractivity (Wildman–Crippen MR) is 117 cm³/mol. The van der Waals surface area contributed by atoms with Gasteiger partial charge in [0.1, 0.15) is 17.8 Å². The van der Waals surface area contributed by atoms with E-state index in [2.05, 4.69) is 44.1 Å². The number of nitrogens with zero attached hydrogens (tertiary/aromatic N) is 3. The van der Waals surface area contributed by atoms with Crippen LogP contribution >= 0.6 is 0 Å². The van der Waals surface area contributed by atoms with Gasteiger partial charge in [-0.15, -0.1) is 0 Å². The molecule has 0 unspecified atom stereocenters. The zero-order valence-corrected chi connectivity index (χ0v) is 18.1. The summed E-state index contributed by atoms with van der Waals surface area (Å²) < 4.78 is 29.6. The molecule has 2 N–H and O–H groups in total. The summed E-state index contributed by atoms with van der Waals surface area (Å²) >= 11 is 0. The highest BCUT2D eigenvalue weighted by Gasteiger charge is 2.35. The van der Waals surface area contributed by atoms with Crippen LogP contribution in [0.2, 0.25) is 0 Å². The molecule has 5 rings (SSSR count). The van der Waals surface area contributed by atoms with Crippen molar-refractivity contribution in [3.8, 4) is 0 Å². The molecule has 4 atom stereocenters. The fourth-order valence-electron chi connectivity index (χ4n) is 4.94. The van der Waals surface area contributed by atoms with Gasteiger partial charge in [0.05, 0.1) is 30.4 Å². The molecule has 0 amide bonds. The van der Waals surface area contributed by atoms with Gasteiger partial charge in [0.2, 0.25) is 0 Å². The first-order valence-electron chi connectivity index (χ1n) is 10.6. The molecule has 0 aliphatic heterocycles. The monoisotopic (exact) mass is 442 g/mol. The highest BCUT2D eigenvalue weighted by Crippen LogP contribution is 2.39. The second kappa shape index (κ2) is 7.89. The molecule has 3 aromatic rings. The number of aromatic nitrogens is 3. The second-order valence-electron chi connectivity index (χ2n) is 8.56. The van der Waals surface area contributed by atoms with Crippen LogP contribution in [0, 0.1) is 5.92 Å².